The van der Waals surface area contributed by atoms with E-state index in [0.717, 1.165) is 0 Å². The first-order valence-corrected chi connectivity index (χ1v) is 26.0. The van der Waals surface area contributed by atoms with E-state index in [1.54, 1.807) is 0 Å². The highest BCUT2D eigenvalue weighted by molar-refractivity contribution is 6.38. The molecule has 0 heterocycles. The number of fused-ring (bicyclic) bond motifs is 1. The molecule has 0 aliphatic heterocycles. The molecule has 0 bridgehead atoms. The first-order chi connectivity index (χ1) is 44.8. The molecule has 0 fully saturated rings. The van der Waals surface area contributed by atoms with Crippen LogP contribution in [0.2, 0.25) is 0 Å². The lowest BCUT2D eigenvalue weighted by atomic mass is 9.82. The molecule has 492 valence electrons. The van der Waals surface area contributed by atoms with Crippen LogP contribution >= 0.6 is 0 Å². The van der Waals surface area contributed by atoms with Crippen LogP contribution in [0.4, 0.5) is 0 Å². The average Bonchev–Trinajstić information content (AvgIpc) is 0.702. The fourth-order valence-corrected chi connectivity index (χ4v) is 12.8. The molecule has 0 aromatic heterocycles. The summed E-state index contributed by atoms with van der Waals surface area (Å²) in [6.45, 7) is 0. The molecular weight excluding hydrogens is 1300 g/mol. The second-order valence-electron chi connectivity index (χ2n) is 21.5. The van der Waals surface area contributed by atoms with Crippen LogP contribution in [0.3, 0.4) is 0 Å². The predicted molar refractivity (Wildman–Crippen MR) is 318 cm³/mol. The Kier molecular flexibility index (Phi) is 11.4. The standard InChI is InChI=1S/C60H36O36/c61-25-17(9-10-20(52(88)55(91)33(9)69)53(89)60(96)59(95)34(10)70)26(62)22(24-45(81)43(79)19(44(80)46(24)82)8-6-2-4-14(38(74)30(6)66)48(84)57(93)50(86)16(4)42(78)40(76)12(2)36(72)32(8)68)28(64)21(25)23-27(63)18(51(87)58(94)54(23)90)7-5-1-3-13(37(73)29(5)65)47(83)56(92)49(85)15(3)41(77)39(75)11(1)35(71)31(7)67/h61-96H. The number of benzene rings is 13. The summed E-state index contributed by atoms with van der Waals surface area (Å²) in [7, 11) is 0. The van der Waals surface area contributed by atoms with Gasteiger partial charge in [0.05, 0.1) is 76.6 Å². The van der Waals surface area contributed by atoms with Gasteiger partial charge in [0, 0.05) is 54.4 Å². The molecule has 0 atom stereocenters. The van der Waals surface area contributed by atoms with Gasteiger partial charge in [-0.25, -0.2) is 0 Å². The van der Waals surface area contributed by atoms with Crippen LogP contribution in [0.25, 0.3) is 131 Å². The molecule has 0 unspecified atom stereocenters. The Labute approximate surface area is 520 Å². The van der Waals surface area contributed by atoms with Crippen molar-refractivity contribution in [3.05, 3.63) is 0 Å². The second-order valence-corrected chi connectivity index (χ2v) is 21.5. The van der Waals surface area contributed by atoms with Crippen molar-refractivity contribution in [1.29, 1.82) is 0 Å². The molecule has 0 radical (unpaired) electrons. The van der Waals surface area contributed by atoms with Crippen molar-refractivity contribution in [3.8, 4) is 263 Å². The second kappa shape index (κ2) is 18.3. The Morgan fingerprint density at radius 2 is 0.156 bits per heavy atom. The molecule has 0 saturated carbocycles. The highest BCUT2D eigenvalue weighted by atomic mass is 16.4. The molecule has 0 saturated heterocycles. The van der Waals surface area contributed by atoms with Crippen molar-refractivity contribution < 1.29 is 184 Å². The third-order valence-corrected chi connectivity index (χ3v) is 17.1. The molecule has 36 nitrogen and oxygen atoms in total. The van der Waals surface area contributed by atoms with E-state index in [-0.39, 0.29) is 0 Å². The number of rotatable bonds is 5. The van der Waals surface area contributed by atoms with E-state index in [0.29, 0.717) is 0 Å². The van der Waals surface area contributed by atoms with Crippen molar-refractivity contribution in [2.24, 2.45) is 0 Å². The fraction of sp³-hybridized carbons (Fsp3) is 0. The highest BCUT2D eigenvalue weighted by Gasteiger charge is 2.44. The molecule has 36 N–H and O–H groups in total. The molecule has 0 amide bonds. The Morgan fingerprint density at radius 3 is 0.438 bits per heavy atom. The van der Waals surface area contributed by atoms with Crippen LogP contribution in [0.1, 0.15) is 0 Å². The summed E-state index contributed by atoms with van der Waals surface area (Å²) in [6, 6.07) is 0. The van der Waals surface area contributed by atoms with Crippen LogP contribution in [0, 0.1) is 0 Å². The maximum absolute atomic E-state index is 12.7. The monoisotopic (exact) mass is 1330 g/mol. The largest absolute Gasteiger partial charge is 0.506 e. The van der Waals surface area contributed by atoms with Crippen LogP contribution in [-0.2, 0) is 0 Å². The average molecular weight is 1330 g/mol. The van der Waals surface area contributed by atoms with Gasteiger partial charge in [-0.3, -0.25) is 0 Å². The van der Waals surface area contributed by atoms with Crippen molar-refractivity contribution in [2.45, 2.75) is 0 Å². The van der Waals surface area contributed by atoms with Crippen LogP contribution in [0.15, 0.2) is 0 Å². The molecule has 0 spiro atoms. The zero-order valence-corrected chi connectivity index (χ0v) is 46.1. The molecule has 13 aromatic carbocycles. The summed E-state index contributed by atoms with van der Waals surface area (Å²) in [5, 5.41) is 399. The number of aromatic hydroxyl groups is 36. The summed E-state index contributed by atoms with van der Waals surface area (Å²) in [6.07, 6.45) is 0. The summed E-state index contributed by atoms with van der Waals surface area (Å²) < 4.78 is 0. The van der Waals surface area contributed by atoms with Gasteiger partial charge in [-0.05, 0) is 0 Å². The number of hydrogen-bond donors (Lipinski definition) is 36. The zero-order valence-electron chi connectivity index (χ0n) is 46.1. The Bertz CT molecular complexity index is 5860. The molecule has 96 heavy (non-hydrogen) atoms. The minimum absolute atomic E-state index is 0.950. The Hall–Kier alpha value is -15.0. The minimum atomic E-state index is -2.20. The smallest absolute Gasteiger partial charge is 0.205 e. The SMILES string of the molecule is Oc1c(O)c(-c2c(O)c(-c3c(O)c(O)c(-c4c(O)c(O)c5c(O)c(O)c6c(O)c(O)c(O)c7c(O)c(O)c4c5c67)c(O)c3O)c(O)c(-c3c(O)c(O)c(O)c4c(O)c(O)c(O)c(O)c34)c2O)c(O)c(-c2c(O)c(O)c3c(O)c(O)c4c(O)c(O)c(O)c5c(O)c(O)c2c3c45)c1O. The van der Waals surface area contributed by atoms with Gasteiger partial charge in [0.2, 0.25) is 34.5 Å². The van der Waals surface area contributed by atoms with Crippen LogP contribution in [-0.4, -0.2) is 184 Å². The number of phenols is 36. The number of phenolic OH excluding ortho intramolecular Hbond substituents is 36. The van der Waals surface area contributed by atoms with Gasteiger partial charge in [0.25, 0.3) is 0 Å². The first-order valence-electron chi connectivity index (χ1n) is 26.0. The van der Waals surface area contributed by atoms with Crippen molar-refractivity contribution in [1.82, 2.24) is 0 Å². The Morgan fingerprint density at radius 1 is 0.0625 bits per heavy atom. The lowest BCUT2D eigenvalue weighted by Gasteiger charge is -2.26. The minimum Gasteiger partial charge on any atom is -0.506 e. The Balaban J connectivity index is 1.22. The predicted octanol–water partition coefficient (Wildman–Crippen LogP) is 6.37. The molecule has 13 aromatic rings. The summed E-state index contributed by atoms with van der Waals surface area (Å²) in [5.41, 5.74) is -18.1. The van der Waals surface area contributed by atoms with E-state index in [2.05, 4.69) is 0 Å². The maximum atomic E-state index is 12.7. The van der Waals surface area contributed by atoms with Gasteiger partial charge in [0.15, 0.2) is 149 Å². The van der Waals surface area contributed by atoms with E-state index in [9.17, 15) is 184 Å². The van der Waals surface area contributed by atoms with Crippen LogP contribution < -0.4 is 0 Å². The van der Waals surface area contributed by atoms with E-state index < -0.39 is 338 Å². The van der Waals surface area contributed by atoms with Crippen molar-refractivity contribution in [3.63, 3.8) is 0 Å². The van der Waals surface area contributed by atoms with Gasteiger partial charge in [0.1, 0.15) is 23.0 Å². The van der Waals surface area contributed by atoms with E-state index >= 15 is 0 Å². The third-order valence-electron chi connectivity index (χ3n) is 17.1. The maximum Gasteiger partial charge on any atom is 0.205 e. The van der Waals surface area contributed by atoms with Crippen molar-refractivity contribution in [2.75, 3.05) is 0 Å². The topological polar surface area (TPSA) is 728 Å². The van der Waals surface area contributed by atoms with Gasteiger partial charge in [-0.1, -0.05) is 0 Å². The summed E-state index contributed by atoms with van der Waals surface area (Å²) in [5.74, 6) is -65.0. The third kappa shape index (κ3) is 6.45. The quantitative estimate of drug-likeness (QED) is 0.0505. The van der Waals surface area contributed by atoms with Gasteiger partial charge in [-0.15, -0.1) is 0 Å². The highest BCUT2D eigenvalue weighted by Crippen LogP contribution is 2.73. The lowest BCUT2D eigenvalue weighted by Crippen LogP contribution is -1.98. The van der Waals surface area contributed by atoms with Gasteiger partial charge < -0.3 is 184 Å². The molecular formula is C60H36O36. The fourth-order valence-electron chi connectivity index (χ4n) is 12.8. The normalized spacial score (nSPS) is 12.0. The molecule has 36 heteroatoms. The summed E-state index contributed by atoms with van der Waals surface area (Å²) >= 11 is 0. The number of hydrogen-bond acceptors (Lipinski definition) is 36. The van der Waals surface area contributed by atoms with E-state index in [1.165, 1.54) is 0 Å². The van der Waals surface area contributed by atoms with Crippen molar-refractivity contribution >= 4 is 75.4 Å². The first kappa shape index (κ1) is 59.9. The van der Waals surface area contributed by atoms with Gasteiger partial charge in [-0.2, -0.15) is 0 Å². The lowest BCUT2D eigenvalue weighted by molar-refractivity contribution is 0.347. The van der Waals surface area contributed by atoms with Gasteiger partial charge >= 0.3 is 0 Å². The molecule has 13 rings (SSSR count). The molecule has 0 aliphatic rings. The van der Waals surface area contributed by atoms with E-state index in [1.807, 2.05) is 0 Å². The van der Waals surface area contributed by atoms with Crippen LogP contribution in [0.5, 0.6) is 207 Å². The molecule has 0 aliphatic carbocycles. The zero-order chi connectivity index (χ0) is 70.6. The van der Waals surface area contributed by atoms with E-state index in [4.69, 9.17) is 0 Å². The summed E-state index contributed by atoms with van der Waals surface area (Å²) in [4.78, 5) is 0.